The molecular weight excluding hydrogens is 522 g/mol. The lowest BCUT2D eigenvalue weighted by atomic mass is 9.97. The zero-order valence-electron chi connectivity index (χ0n) is 26.2. The van der Waals surface area contributed by atoms with Gasteiger partial charge < -0.3 is 16.0 Å². The Hall–Kier alpha value is -3.93. The molecule has 0 spiro atoms. The molecule has 42 heavy (non-hydrogen) atoms. The Morgan fingerprint density at radius 2 is 0.881 bits per heavy atom. The average Bonchev–Trinajstić information content (AvgIpc) is 2.93. The van der Waals surface area contributed by atoms with E-state index in [-0.39, 0.29) is 30.6 Å². The zero-order chi connectivity index (χ0) is 30.6. The first kappa shape index (κ1) is 32.6. The molecule has 0 aliphatic rings. The van der Waals surface area contributed by atoms with Crippen molar-refractivity contribution in [1.82, 2.24) is 0 Å². The predicted octanol–water partition coefficient (Wildman–Crippen LogP) is 8.08. The van der Waals surface area contributed by atoms with Gasteiger partial charge in [-0.1, -0.05) is 76.4 Å². The summed E-state index contributed by atoms with van der Waals surface area (Å²) >= 11 is 0. The molecule has 3 amide bonds. The van der Waals surface area contributed by atoms with Gasteiger partial charge in [-0.15, -0.1) is 0 Å². The lowest BCUT2D eigenvalue weighted by molar-refractivity contribution is -0.127. The Labute approximate surface area is 251 Å². The molecule has 0 aromatic heterocycles. The van der Waals surface area contributed by atoms with E-state index in [1.165, 1.54) is 16.7 Å². The molecular formula is C36H47N3O3. The van der Waals surface area contributed by atoms with Crippen LogP contribution < -0.4 is 16.0 Å². The summed E-state index contributed by atoms with van der Waals surface area (Å²) in [6.07, 6.45) is 5.83. The minimum absolute atomic E-state index is 0.114. The molecule has 0 aliphatic carbocycles. The summed E-state index contributed by atoms with van der Waals surface area (Å²) < 4.78 is 0. The van der Waals surface area contributed by atoms with Crippen LogP contribution in [0.25, 0.3) is 0 Å². The van der Waals surface area contributed by atoms with Gasteiger partial charge in [0.1, 0.15) is 0 Å². The van der Waals surface area contributed by atoms with E-state index in [4.69, 9.17) is 0 Å². The van der Waals surface area contributed by atoms with E-state index >= 15 is 0 Å². The van der Waals surface area contributed by atoms with Crippen LogP contribution in [0.15, 0.2) is 54.6 Å². The molecule has 0 atom stereocenters. The normalized spacial score (nSPS) is 10.9. The fourth-order valence-electron chi connectivity index (χ4n) is 5.27. The average molecular weight is 570 g/mol. The van der Waals surface area contributed by atoms with Gasteiger partial charge in [-0.3, -0.25) is 14.4 Å². The molecule has 3 aromatic carbocycles. The first-order chi connectivity index (χ1) is 20.1. The second-order valence-corrected chi connectivity index (χ2v) is 11.4. The van der Waals surface area contributed by atoms with Gasteiger partial charge >= 0.3 is 0 Å². The van der Waals surface area contributed by atoms with E-state index in [1.807, 2.05) is 57.2 Å². The van der Waals surface area contributed by atoms with Crippen LogP contribution in [-0.2, 0) is 33.6 Å². The quantitative estimate of drug-likeness (QED) is 0.183. The molecule has 224 valence electrons. The highest BCUT2D eigenvalue weighted by Gasteiger charge is 2.26. The largest absolute Gasteiger partial charge is 0.326 e. The predicted molar refractivity (Wildman–Crippen MR) is 174 cm³/mol. The Bertz CT molecular complexity index is 1320. The summed E-state index contributed by atoms with van der Waals surface area (Å²) in [7, 11) is 0. The van der Waals surface area contributed by atoms with Crippen LogP contribution in [0, 0.1) is 26.7 Å². The summed E-state index contributed by atoms with van der Waals surface area (Å²) in [5.41, 5.74) is 8.67. The third kappa shape index (κ3) is 9.57. The fraction of sp³-hybridized carbons (Fsp3) is 0.417. The summed E-state index contributed by atoms with van der Waals surface area (Å²) in [5.74, 6) is -1.80. The number of amides is 3. The van der Waals surface area contributed by atoms with Crippen molar-refractivity contribution in [2.24, 2.45) is 5.92 Å². The van der Waals surface area contributed by atoms with Crippen molar-refractivity contribution in [1.29, 1.82) is 0 Å². The van der Waals surface area contributed by atoms with Gasteiger partial charge in [0.15, 0.2) is 0 Å². The highest BCUT2D eigenvalue weighted by molar-refractivity contribution is 6.02. The first-order valence-corrected chi connectivity index (χ1v) is 15.3. The molecule has 0 aliphatic heterocycles. The molecule has 6 heteroatoms. The molecule has 0 bridgehead atoms. The molecule has 0 heterocycles. The third-order valence-electron chi connectivity index (χ3n) is 7.53. The number of carbonyl (C=O) groups is 3. The molecule has 0 saturated carbocycles. The van der Waals surface area contributed by atoms with Crippen LogP contribution >= 0.6 is 0 Å². The number of nitrogens with one attached hydrogen (secondary N) is 3. The van der Waals surface area contributed by atoms with E-state index in [2.05, 4.69) is 54.9 Å². The number of hydrogen-bond donors (Lipinski definition) is 3. The van der Waals surface area contributed by atoms with Gasteiger partial charge in [-0.25, -0.2) is 0 Å². The van der Waals surface area contributed by atoms with Crippen molar-refractivity contribution in [3.05, 3.63) is 88.0 Å². The highest BCUT2D eigenvalue weighted by atomic mass is 16.2. The van der Waals surface area contributed by atoms with Crippen LogP contribution in [0.5, 0.6) is 0 Å². The molecule has 0 fully saturated rings. The summed E-state index contributed by atoms with van der Waals surface area (Å²) in [5, 5.41) is 8.91. The van der Waals surface area contributed by atoms with Gasteiger partial charge in [0.05, 0.1) is 5.92 Å². The van der Waals surface area contributed by atoms with Gasteiger partial charge in [-0.05, 0) is 91.6 Å². The van der Waals surface area contributed by atoms with E-state index in [9.17, 15) is 14.4 Å². The molecule has 3 aromatic rings. The Balaban J connectivity index is 1.77. The van der Waals surface area contributed by atoms with Crippen molar-refractivity contribution >= 4 is 34.8 Å². The van der Waals surface area contributed by atoms with Gasteiger partial charge in [0.2, 0.25) is 17.7 Å². The maximum Gasteiger partial charge on any atom is 0.228 e. The van der Waals surface area contributed by atoms with Gasteiger partial charge in [-0.2, -0.15) is 0 Å². The van der Waals surface area contributed by atoms with Crippen LogP contribution in [0.3, 0.4) is 0 Å². The Morgan fingerprint density at radius 1 is 0.548 bits per heavy atom. The number of anilines is 3. The molecule has 0 unspecified atom stereocenters. The lowest BCUT2D eigenvalue weighted by Crippen LogP contribution is -2.31. The zero-order valence-corrected chi connectivity index (χ0v) is 26.2. The lowest BCUT2D eigenvalue weighted by Gasteiger charge is -2.19. The van der Waals surface area contributed by atoms with Crippen molar-refractivity contribution < 1.29 is 14.4 Å². The van der Waals surface area contributed by atoms with Crippen LogP contribution in [-0.4, -0.2) is 17.7 Å². The van der Waals surface area contributed by atoms with Crippen molar-refractivity contribution in [2.75, 3.05) is 16.0 Å². The minimum atomic E-state index is -0.848. The van der Waals surface area contributed by atoms with Crippen LogP contribution in [0.2, 0.25) is 0 Å². The third-order valence-corrected chi connectivity index (χ3v) is 7.53. The number of rotatable bonds is 14. The first-order valence-electron chi connectivity index (χ1n) is 15.3. The number of hydrogen-bond acceptors (Lipinski definition) is 3. The van der Waals surface area contributed by atoms with E-state index in [0.717, 1.165) is 55.2 Å². The molecule has 3 N–H and O–H groups in total. The Morgan fingerprint density at radius 3 is 1.19 bits per heavy atom. The number of benzene rings is 3. The van der Waals surface area contributed by atoms with Gasteiger partial charge in [0.25, 0.3) is 0 Å². The summed E-state index contributed by atoms with van der Waals surface area (Å²) in [6.45, 7) is 12.3. The molecule has 6 nitrogen and oxygen atoms in total. The SMILES string of the molecule is CCCc1ccc(NC(=O)CC(CC(=O)Nc2ccc(CCC)cc2C)C(=O)Nc2ccc(CCC)cc2C)c(C)c1. The maximum absolute atomic E-state index is 13.5. The topological polar surface area (TPSA) is 87.3 Å². The molecule has 3 rings (SSSR count). The van der Waals surface area contributed by atoms with Crippen molar-refractivity contribution in [2.45, 2.75) is 92.9 Å². The maximum atomic E-state index is 13.5. The highest BCUT2D eigenvalue weighted by Crippen LogP contribution is 2.24. The fourth-order valence-corrected chi connectivity index (χ4v) is 5.27. The minimum Gasteiger partial charge on any atom is -0.326 e. The summed E-state index contributed by atoms with van der Waals surface area (Å²) in [6, 6.07) is 18.0. The van der Waals surface area contributed by atoms with Crippen LogP contribution in [0.1, 0.15) is 86.3 Å². The van der Waals surface area contributed by atoms with Gasteiger partial charge in [0, 0.05) is 29.9 Å². The van der Waals surface area contributed by atoms with E-state index in [0.29, 0.717) is 17.1 Å². The number of aryl methyl sites for hydroxylation is 6. The summed E-state index contributed by atoms with van der Waals surface area (Å²) in [4.78, 5) is 39.9. The van der Waals surface area contributed by atoms with E-state index in [1.54, 1.807) is 0 Å². The van der Waals surface area contributed by atoms with Crippen LogP contribution in [0.4, 0.5) is 17.1 Å². The second-order valence-electron chi connectivity index (χ2n) is 11.4. The van der Waals surface area contributed by atoms with Crippen molar-refractivity contribution in [3.8, 4) is 0 Å². The second kappa shape index (κ2) is 15.9. The molecule has 0 radical (unpaired) electrons. The standard InChI is InChI=1S/C36H47N3O3/c1-7-10-27-13-16-31(24(4)19-27)37-34(40)22-30(36(42)39-33-18-15-29(12-9-3)21-26(33)6)23-35(41)38-32-17-14-28(11-8-2)20-25(32)5/h13-21,30H,7-12,22-23H2,1-6H3,(H,37,40)(H,38,41)(H,39,42). The van der Waals surface area contributed by atoms with E-state index < -0.39 is 5.92 Å². The Kier molecular flexibility index (Phi) is 12.3. The number of carbonyl (C=O) groups excluding carboxylic acids is 3. The molecule has 0 saturated heterocycles. The van der Waals surface area contributed by atoms with Crippen molar-refractivity contribution in [3.63, 3.8) is 0 Å². The monoisotopic (exact) mass is 569 g/mol. The smallest absolute Gasteiger partial charge is 0.228 e.